The molecule has 16 heavy (non-hydrogen) atoms. The van der Waals surface area contributed by atoms with Crippen LogP contribution in [0.1, 0.15) is 6.92 Å². The molecule has 0 aliphatic rings. The first-order valence-electron chi connectivity index (χ1n) is 4.42. The van der Waals surface area contributed by atoms with E-state index in [0.29, 0.717) is 4.31 Å². The van der Waals surface area contributed by atoms with Gasteiger partial charge in [0.15, 0.2) is 0 Å². The number of nitrogens with two attached hydrogens (primary N) is 1. The zero-order valence-electron chi connectivity index (χ0n) is 8.75. The van der Waals surface area contributed by atoms with Crippen LogP contribution in [0, 0.1) is 0 Å². The van der Waals surface area contributed by atoms with Gasteiger partial charge >= 0.3 is 10.2 Å². The van der Waals surface area contributed by atoms with Crippen molar-refractivity contribution < 1.29 is 13.2 Å². The molecular formula is C10H12N2O3S. The smallest absolute Gasteiger partial charge is 0.268 e. The minimum absolute atomic E-state index is 0.0953. The van der Waals surface area contributed by atoms with Crippen LogP contribution in [0.15, 0.2) is 42.5 Å². The number of rotatable bonds is 3. The standard InChI is InChI=1S/C10H12N2O3S/c1-8(2)10(13)12(16(11,14)15)9-6-4-3-5-7-9/h3-7H,1H2,2H3,(H2,11,14,15). The third-order valence-electron chi connectivity index (χ3n) is 1.79. The Balaban J connectivity index is 3.29. The lowest BCUT2D eigenvalue weighted by Crippen LogP contribution is -2.41. The first-order valence-corrected chi connectivity index (χ1v) is 5.92. The average molecular weight is 240 g/mol. The quantitative estimate of drug-likeness (QED) is 0.793. The molecular weight excluding hydrogens is 228 g/mol. The van der Waals surface area contributed by atoms with E-state index in [4.69, 9.17) is 5.14 Å². The molecule has 0 radical (unpaired) electrons. The highest BCUT2D eigenvalue weighted by Crippen LogP contribution is 2.17. The van der Waals surface area contributed by atoms with Crippen molar-refractivity contribution in [2.75, 3.05) is 4.31 Å². The van der Waals surface area contributed by atoms with Gasteiger partial charge in [0.1, 0.15) is 0 Å². The molecule has 0 saturated heterocycles. The summed E-state index contributed by atoms with van der Waals surface area (Å²) in [5, 5.41) is 4.99. The second-order valence-corrected chi connectivity index (χ2v) is 4.63. The van der Waals surface area contributed by atoms with Crippen LogP contribution in [0.3, 0.4) is 0 Å². The van der Waals surface area contributed by atoms with E-state index in [-0.39, 0.29) is 11.3 Å². The Bertz CT molecular complexity index is 508. The molecule has 0 spiro atoms. The van der Waals surface area contributed by atoms with E-state index in [1.165, 1.54) is 19.1 Å². The Labute approximate surface area is 94.4 Å². The number of carbonyl (C=O) groups excluding carboxylic acids is 1. The molecule has 0 saturated carbocycles. The summed E-state index contributed by atoms with van der Waals surface area (Å²) in [7, 11) is -4.14. The molecule has 0 aromatic heterocycles. The van der Waals surface area contributed by atoms with Crippen LogP contribution in [-0.2, 0) is 15.0 Å². The first-order chi connectivity index (χ1) is 7.34. The molecule has 5 nitrogen and oxygen atoms in total. The van der Waals surface area contributed by atoms with Gasteiger partial charge in [-0.25, -0.2) is 5.14 Å². The predicted molar refractivity (Wildman–Crippen MR) is 61.8 cm³/mol. The number of carbonyl (C=O) groups is 1. The van der Waals surface area contributed by atoms with Crippen LogP contribution in [0.5, 0.6) is 0 Å². The molecule has 0 heterocycles. The SMILES string of the molecule is C=C(C)C(=O)N(c1ccccc1)S(N)(=O)=O. The molecule has 0 atom stereocenters. The van der Waals surface area contributed by atoms with Crippen molar-refractivity contribution in [1.29, 1.82) is 0 Å². The van der Waals surface area contributed by atoms with Crippen molar-refractivity contribution in [2.45, 2.75) is 6.92 Å². The van der Waals surface area contributed by atoms with E-state index in [1.54, 1.807) is 18.2 Å². The van der Waals surface area contributed by atoms with Gasteiger partial charge in [-0.15, -0.1) is 0 Å². The highest BCUT2D eigenvalue weighted by Gasteiger charge is 2.25. The van der Waals surface area contributed by atoms with Gasteiger partial charge in [0.25, 0.3) is 5.91 Å². The molecule has 1 rings (SSSR count). The van der Waals surface area contributed by atoms with Gasteiger partial charge in [0, 0.05) is 5.57 Å². The zero-order chi connectivity index (χ0) is 12.3. The van der Waals surface area contributed by atoms with E-state index in [0.717, 1.165) is 0 Å². The zero-order valence-corrected chi connectivity index (χ0v) is 9.57. The van der Waals surface area contributed by atoms with E-state index in [2.05, 4.69) is 6.58 Å². The Morgan fingerprint density at radius 1 is 1.31 bits per heavy atom. The van der Waals surface area contributed by atoms with Crippen LogP contribution in [0.2, 0.25) is 0 Å². The number of hydrogen-bond donors (Lipinski definition) is 1. The summed E-state index contributed by atoms with van der Waals surface area (Å²) in [6.07, 6.45) is 0. The normalized spacial score (nSPS) is 10.9. The molecule has 6 heteroatoms. The van der Waals surface area contributed by atoms with E-state index in [1.807, 2.05) is 0 Å². The number of nitrogens with zero attached hydrogens (tertiary/aromatic N) is 1. The van der Waals surface area contributed by atoms with Gasteiger partial charge in [0.2, 0.25) is 0 Å². The van der Waals surface area contributed by atoms with Crippen LogP contribution in [0.4, 0.5) is 5.69 Å². The number of hydrogen-bond acceptors (Lipinski definition) is 3. The summed E-state index contributed by atoms with van der Waals surface area (Å²) >= 11 is 0. The number of amides is 1. The summed E-state index contributed by atoms with van der Waals surface area (Å²) in [5.41, 5.74) is 0.288. The fourth-order valence-electron chi connectivity index (χ4n) is 1.12. The topological polar surface area (TPSA) is 80.5 Å². The summed E-state index contributed by atoms with van der Waals surface area (Å²) < 4.78 is 23.2. The maximum Gasteiger partial charge on any atom is 0.305 e. The molecule has 86 valence electrons. The number of benzene rings is 1. The fourth-order valence-corrected chi connectivity index (χ4v) is 1.92. The lowest BCUT2D eigenvalue weighted by atomic mass is 10.3. The Kier molecular flexibility index (Phi) is 3.46. The Morgan fingerprint density at radius 2 is 1.81 bits per heavy atom. The molecule has 1 aromatic rings. The fraction of sp³-hybridized carbons (Fsp3) is 0.100. The van der Waals surface area contributed by atoms with Crippen molar-refractivity contribution in [2.24, 2.45) is 5.14 Å². The van der Waals surface area contributed by atoms with Gasteiger partial charge < -0.3 is 0 Å². The molecule has 0 fully saturated rings. The second-order valence-electron chi connectivity index (χ2n) is 3.23. The maximum atomic E-state index is 11.7. The van der Waals surface area contributed by atoms with Gasteiger partial charge in [-0.3, -0.25) is 4.79 Å². The monoisotopic (exact) mass is 240 g/mol. The Morgan fingerprint density at radius 3 is 2.19 bits per heavy atom. The highest BCUT2D eigenvalue weighted by atomic mass is 32.2. The summed E-state index contributed by atoms with van der Waals surface area (Å²) in [6, 6.07) is 7.88. The van der Waals surface area contributed by atoms with Gasteiger partial charge in [-0.1, -0.05) is 24.8 Å². The van der Waals surface area contributed by atoms with E-state index in [9.17, 15) is 13.2 Å². The highest BCUT2D eigenvalue weighted by molar-refractivity contribution is 7.91. The third kappa shape index (κ3) is 2.68. The molecule has 0 aliphatic heterocycles. The summed E-state index contributed by atoms with van der Waals surface area (Å²) in [4.78, 5) is 11.7. The van der Waals surface area contributed by atoms with Crippen LogP contribution in [0.25, 0.3) is 0 Å². The lowest BCUT2D eigenvalue weighted by Gasteiger charge is -2.19. The predicted octanol–water partition coefficient (Wildman–Crippen LogP) is 0.799. The van der Waals surface area contributed by atoms with Gasteiger partial charge in [0.05, 0.1) is 5.69 Å². The van der Waals surface area contributed by atoms with Crippen LogP contribution in [-0.4, -0.2) is 14.3 Å². The van der Waals surface area contributed by atoms with Gasteiger partial charge in [-0.05, 0) is 19.1 Å². The number of para-hydroxylation sites is 1. The molecule has 1 amide bonds. The first kappa shape index (κ1) is 12.4. The van der Waals surface area contributed by atoms with Gasteiger partial charge in [-0.2, -0.15) is 12.7 Å². The number of anilines is 1. The minimum Gasteiger partial charge on any atom is -0.268 e. The average Bonchev–Trinajstić information content (AvgIpc) is 2.17. The lowest BCUT2D eigenvalue weighted by molar-refractivity contribution is -0.113. The van der Waals surface area contributed by atoms with Crippen LogP contribution < -0.4 is 9.44 Å². The van der Waals surface area contributed by atoms with E-state index < -0.39 is 16.1 Å². The van der Waals surface area contributed by atoms with Crippen molar-refractivity contribution in [3.05, 3.63) is 42.5 Å². The third-order valence-corrected chi connectivity index (χ3v) is 2.68. The molecule has 0 bridgehead atoms. The van der Waals surface area contributed by atoms with Crippen molar-refractivity contribution in [3.8, 4) is 0 Å². The second kappa shape index (κ2) is 4.46. The molecule has 0 aliphatic carbocycles. The van der Waals surface area contributed by atoms with Crippen molar-refractivity contribution in [3.63, 3.8) is 0 Å². The Hall–Kier alpha value is -1.66. The molecule has 2 N–H and O–H groups in total. The van der Waals surface area contributed by atoms with Crippen LogP contribution >= 0.6 is 0 Å². The maximum absolute atomic E-state index is 11.7. The van der Waals surface area contributed by atoms with Crippen molar-refractivity contribution in [1.82, 2.24) is 0 Å². The summed E-state index contributed by atoms with van der Waals surface area (Å²) in [6.45, 7) is 4.82. The molecule has 1 aromatic carbocycles. The van der Waals surface area contributed by atoms with E-state index >= 15 is 0 Å². The molecule has 0 unspecified atom stereocenters. The van der Waals surface area contributed by atoms with Crippen molar-refractivity contribution >= 4 is 21.8 Å². The largest absolute Gasteiger partial charge is 0.305 e. The minimum atomic E-state index is -4.14. The summed E-state index contributed by atoms with van der Waals surface area (Å²) in [5.74, 6) is -0.742.